The Morgan fingerprint density at radius 3 is 2.78 bits per heavy atom. The van der Waals surface area contributed by atoms with Gasteiger partial charge in [-0.15, -0.1) is 0 Å². The van der Waals surface area contributed by atoms with E-state index in [1.165, 1.54) is 7.11 Å². The zero-order valence-electron chi connectivity index (χ0n) is 9.73. The molecule has 2 aromatic rings. The van der Waals surface area contributed by atoms with Crippen molar-refractivity contribution >= 4 is 21.9 Å². The number of methoxy groups -OCH3 is 1. The molecule has 0 atom stereocenters. The van der Waals surface area contributed by atoms with E-state index in [0.29, 0.717) is 22.6 Å². The van der Waals surface area contributed by atoms with Crippen LogP contribution >= 0.6 is 15.9 Å². The van der Waals surface area contributed by atoms with E-state index >= 15 is 0 Å². The van der Waals surface area contributed by atoms with E-state index in [2.05, 4.69) is 21.1 Å². The average molecular weight is 312 g/mol. The smallest absolute Gasteiger partial charge is 0.358 e. The third-order valence-corrected chi connectivity index (χ3v) is 3.03. The first-order chi connectivity index (χ1) is 8.54. The van der Waals surface area contributed by atoms with Crippen LogP contribution in [0, 0.1) is 6.92 Å². The molecule has 2 rings (SSSR count). The Morgan fingerprint density at radius 2 is 2.22 bits per heavy atom. The first kappa shape index (κ1) is 12.6. The Kier molecular flexibility index (Phi) is 3.38. The van der Waals surface area contributed by atoms with Crippen molar-refractivity contribution in [2.75, 3.05) is 7.11 Å². The summed E-state index contributed by atoms with van der Waals surface area (Å²) in [5, 5.41) is 12.5. The number of ether oxygens (including phenoxy) is 1. The largest absolute Gasteiger partial charge is 0.496 e. The molecule has 0 aliphatic rings. The van der Waals surface area contributed by atoms with Crippen LogP contribution in [0.1, 0.15) is 16.1 Å². The maximum atomic E-state index is 10.9. The molecule has 94 valence electrons. The topological polar surface area (TPSA) is 72.6 Å². The molecule has 6 heteroatoms. The third-order valence-electron chi connectivity index (χ3n) is 2.53. The molecule has 0 unspecified atom stereocenters. The minimum Gasteiger partial charge on any atom is -0.496 e. The van der Waals surface area contributed by atoms with Gasteiger partial charge < -0.3 is 14.4 Å². The Labute approximate surface area is 111 Å². The number of hydrogen-bond donors (Lipinski definition) is 1. The number of carboxylic acids is 1. The zero-order valence-corrected chi connectivity index (χ0v) is 11.3. The standard InChI is InChI=1S/C12H10BrNO4/c1-6-10(12(15)16)14-18-11(6)8-5-7(13)3-4-9(8)17-2/h3-5H,1-2H3,(H,15,16). The predicted octanol–water partition coefficient (Wildman–Crippen LogP) is 3.12. The molecule has 1 heterocycles. The van der Waals surface area contributed by atoms with Gasteiger partial charge in [-0.05, 0) is 25.1 Å². The summed E-state index contributed by atoms with van der Waals surface area (Å²) in [4.78, 5) is 10.9. The van der Waals surface area contributed by atoms with E-state index in [4.69, 9.17) is 14.4 Å². The van der Waals surface area contributed by atoms with Crippen molar-refractivity contribution in [1.82, 2.24) is 5.16 Å². The van der Waals surface area contributed by atoms with E-state index < -0.39 is 5.97 Å². The molecule has 1 aromatic carbocycles. The van der Waals surface area contributed by atoms with Crippen LogP contribution < -0.4 is 4.74 Å². The zero-order chi connectivity index (χ0) is 13.3. The molecule has 0 radical (unpaired) electrons. The van der Waals surface area contributed by atoms with Crippen LogP contribution in [0.4, 0.5) is 0 Å². The van der Waals surface area contributed by atoms with Crippen molar-refractivity contribution in [3.8, 4) is 17.1 Å². The molecule has 0 spiro atoms. The van der Waals surface area contributed by atoms with Crippen LogP contribution in [0.2, 0.25) is 0 Å². The van der Waals surface area contributed by atoms with Gasteiger partial charge in [-0.1, -0.05) is 21.1 Å². The van der Waals surface area contributed by atoms with Crippen molar-refractivity contribution in [3.05, 3.63) is 33.9 Å². The summed E-state index contributed by atoms with van der Waals surface area (Å²) in [6.07, 6.45) is 0. The molecule has 1 N–H and O–H groups in total. The van der Waals surface area contributed by atoms with Gasteiger partial charge in [-0.3, -0.25) is 0 Å². The molecule has 1 aromatic heterocycles. The Morgan fingerprint density at radius 1 is 1.50 bits per heavy atom. The van der Waals surface area contributed by atoms with Crippen LogP contribution in [-0.4, -0.2) is 23.3 Å². The second-order valence-corrected chi connectivity index (χ2v) is 4.55. The Balaban J connectivity index is 2.61. The van der Waals surface area contributed by atoms with Gasteiger partial charge in [0.1, 0.15) is 5.75 Å². The van der Waals surface area contributed by atoms with Gasteiger partial charge in [0.15, 0.2) is 11.5 Å². The van der Waals surface area contributed by atoms with Crippen molar-refractivity contribution in [2.45, 2.75) is 6.92 Å². The number of rotatable bonds is 3. The number of carbonyl (C=O) groups is 1. The highest BCUT2D eigenvalue weighted by Crippen LogP contribution is 2.35. The highest BCUT2D eigenvalue weighted by Gasteiger charge is 2.21. The van der Waals surface area contributed by atoms with Crippen molar-refractivity contribution in [1.29, 1.82) is 0 Å². The Hall–Kier alpha value is -1.82. The van der Waals surface area contributed by atoms with E-state index in [1.54, 1.807) is 19.1 Å². The second-order valence-electron chi connectivity index (χ2n) is 3.64. The van der Waals surface area contributed by atoms with Crippen molar-refractivity contribution in [2.24, 2.45) is 0 Å². The van der Waals surface area contributed by atoms with Crippen LogP contribution in [0.15, 0.2) is 27.2 Å². The molecule has 18 heavy (non-hydrogen) atoms. The fraction of sp³-hybridized carbons (Fsp3) is 0.167. The number of nitrogens with zero attached hydrogens (tertiary/aromatic N) is 1. The number of carboxylic acid groups (broad SMARTS) is 1. The molecule has 0 saturated carbocycles. The third kappa shape index (κ3) is 2.11. The summed E-state index contributed by atoms with van der Waals surface area (Å²) in [6.45, 7) is 1.65. The predicted molar refractivity (Wildman–Crippen MR) is 67.9 cm³/mol. The molecule has 5 nitrogen and oxygen atoms in total. The quantitative estimate of drug-likeness (QED) is 0.942. The first-order valence-corrected chi connectivity index (χ1v) is 5.87. The fourth-order valence-corrected chi connectivity index (χ4v) is 2.01. The molecule has 0 amide bonds. The SMILES string of the molecule is COc1ccc(Br)cc1-c1onc(C(=O)O)c1C. The second kappa shape index (κ2) is 4.81. The number of aromatic carboxylic acids is 1. The lowest BCUT2D eigenvalue weighted by molar-refractivity contribution is 0.0685. The Bertz CT molecular complexity index is 606. The molecule has 0 aliphatic carbocycles. The van der Waals surface area contributed by atoms with Gasteiger partial charge in [0.2, 0.25) is 0 Å². The minimum atomic E-state index is -1.11. The maximum Gasteiger partial charge on any atom is 0.358 e. The molecular formula is C12H10BrNO4. The van der Waals surface area contributed by atoms with Gasteiger partial charge in [-0.2, -0.15) is 0 Å². The molecule has 0 saturated heterocycles. The van der Waals surface area contributed by atoms with E-state index in [-0.39, 0.29) is 5.69 Å². The number of halogens is 1. The van der Waals surface area contributed by atoms with Gasteiger partial charge >= 0.3 is 5.97 Å². The van der Waals surface area contributed by atoms with E-state index in [9.17, 15) is 4.79 Å². The summed E-state index contributed by atoms with van der Waals surface area (Å²) in [6, 6.07) is 5.38. The number of benzene rings is 1. The normalized spacial score (nSPS) is 10.4. The average Bonchev–Trinajstić information content (AvgIpc) is 2.71. The van der Waals surface area contributed by atoms with Crippen molar-refractivity contribution in [3.63, 3.8) is 0 Å². The van der Waals surface area contributed by atoms with Crippen LogP contribution in [0.3, 0.4) is 0 Å². The van der Waals surface area contributed by atoms with Crippen molar-refractivity contribution < 1.29 is 19.2 Å². The van der Waals surface area contributed by atoms with Crippen LogP contribution in [0.5, 0.6) is 5.75 Å². The highest BCUT2D eigenvalue weighted by atomic mass is 79.9. The molecular weight excluding hydrogens is 302 g/mol. The van der Waals surface area contributed by atoms with Crippen LogP contribution in [0.25, 0.3) is 11.3 Å². The van der Waals surface area contributed by atoms with E-state index in [1.807, 2.05) is 6.07 Å². The monoisotopic (exact) mass is 311 g/mol. The lowest BCUT2D eigenvalue weighted by atomic mass is 10.1. The lowest BCUT2D eigenvalue weighted by Crippen LogP contribution is -1.98. The van der Waals surface area contributed by atoms with Gasteiger partial charge in [0.05, 0.1) is 12.7 Å². The van der Waals surface area contributed by atoms with Gasteiger partial charge in [0.25, 0.3) is 0 Å². The molecule has 0 fully saturated rings. The summed E-state index contributed by atoms with van der Waals surface area (Å²) >= 11 is 3.35. The van der Waals surface area contributed by atoms with Crippen LogP contribution in [-0.2, 0) is 0 Å². The number of aromatic nitrogens is 1. The summed E-state index contributed by atoms with van der Waals surface area (Å²) in [5.41, 5.74) is 1.04. The summed E-state index contributed by atoms with van der Waals surface area (Å²) < 4.78 is 11.2. The van der Waals surface area contributed by atoms with Gasteiger partial charge in [0, 0.05) is 10.0 Å². The fourth-order valence-electron chi connectivity index (χ4n) is 1.64. The van der Waals surface area contributed by atoms with E-state index in [0.717, 1.165) is 4.47 Å². The highest BCUT2D eigenvalue weighted by molar-refractivity contribution is 9.10. The maximum absolute atomic E-state index is 10.9. The summed E-state index contributed by atoms with van der Waals surface area (Å²) in [7, 11) is 1.54. The minimum absolute atomic E-state index is 0.0907. The first-order valence-electron chi connectivity index (χ1n) is 5.08. The lowest BCUT2D eigenvalue weighted by Gasteiger charge is -2.06. The summed E-state index contributed by atoms with van der Waals surface area (Å²) in [5.74, 6) is -0.128. The molecule has 0 bridgehead atoms. The molecule has 0 aliphatic heterocycles. The van der Waals surface area contributed by atoms with Gasteiger partial charge in [-0.25, -0.2) is 4.79 Å². The number of hydrogen-bond acceptors (Lipinski definition) is 4.